The van der Waals surface area contributed by atoms with Gasteiger partial charge in [-0.3, -0.25) is 9.83 Å². The molecule has 0 fully saturated rings. The second-order valence-corrected chi connectivity index (χ2v) is 5.00. The minimum atomic E-state index is -0.0757. The summed E-state index contributed by atoms with van der Waals surface area (Å²) in [5, 5.41) is 0. The lowest BCUT2D eigenvalue weighted by Crippen LogP contribution is -2.37. The molecule has 3 rings (SSSR count). The van der Waals surface area contributed by atoms with Gasteiger partial charge in [-0.15, -0.1) is 0 Å². The summed E-state index contributed by atoms with van der Waals surface area (Å²) in [7, 11) is 1.65. The molecule has 0 bridgehead atoms. The average Bonchev–Trinajstić information content (AvgIpc) is 2.55. The second kappa shape index (κ2) is 5.97. The highest BCUT2D eigenvalue weighted by Gasteiger charge is 2.25. The first kappa shape index (κ1) is 13.6. The van der Waals surface area contributed by atoms with Gasteiger partial charge in [0.2, 0.25) is 0 Å². The van der Waals surface area contributed by atoms with E-state index in [4.69, 9.17) is 14.6 Å². The van der Waals surface area contributed by atoms with Crippen LogP contribution in [0.2, 0.25) is 0 Å². The monoisotopic (exact) mass is 282 g/mol. The number of hydrogen-bond donors (Lipinski definition) is 1. The third kappa shape index (κ3) is 2.90. The van der Waals surface area contributed by atoms with Gasteiger partial charge in [0.1, 0.15) is 11.9 Å². The number of aliphatic imine (C=N–C) groups is 1. The number of nitrogens with one attached hydrogen (secondary N) is 1. The number of hydroxylamine groups is 1. The Morgan fingerprint density at radius 3 is 2.38 bits per heavy atom. The Kier molecular flexibility index (Phi) is 3.88. The molecule has 1 aliphatic rings. The van der Waals surface area contributed by atoms with E-state index in [1.807, 2.05) is 42.5 Å². The molecule has 0 radical (unpaired) electrons. The minimum Gasteiger partial charge on any atom is -0.497 e. The van der Waals surface area contributed by atoms with Crippen molar-refractivity contribution < 1.29 is 9.57 Å². The molecule has 0 saturated carbocycles. The van der Waals surface area contributed by atoms with Gasteiger partial charge in [0.05, 0.1) is 13.2 Å². The van der Waals surface area contributed by atoms with Gasteiger partial charge in [-0.25, -0.2) is 5.48 Å². The van der Waals surface area contributed by atoms with Crippen LogP contribution in [0.15, 0.2) is 59.6 Å². The molecular formula is C17H18N2O2. The minimum absolute atomic E-state index is 0.0470. The molecule has 2 aromatic carbocycles. The summed E-state index contributed by atoms with van der Waals surface area (Å²) in [6, 6.07) is 17.9. The van der Waals surface area contributed by atoms with E-state index in [9.17, 15) is 0 Å². The smallest absolute Gasteiger partial charge is 0.152 e. The Morgan fingerprint density at radius 1 is 1.05 bits per heavy atom. The predicted octanol–water partition coefficient (Wildman–Crippen LogP) is 3.11. The Morgan fingerprint density at radius 2 is 1.76 bits per heavy atom. The van der Waals surface area contributed by atoms with Crippen LogP contribution in [0.5, 0.6) is 5.75 Å². The van der Waals surface area contributed by atoms with Gasteiger partial charge >= 0.3 is 0 Å². The van der Waals surface area contributed by atoms with Gasteiger partial charge < -0.3 is 4.74 Å². The molecule has 108 valence electrons. The molecule has 0 spiro atoms. The number of rotatable bonds is 3. The van der Waals surface area contributed by atoms with Crippen LogP contribution < -0.4 is 10.2 Å². The molecule has 0 unspecified atom stereocenters. The van der Waals surface area contributed by atoms with Crippen LogP contribution in [-0.4, -0.2) is 19.0 Å². The van der Waals surface area contributed by atoms with Crippen LogP contribution in [0.25, 0.3) is 0 Å². The van der Waals surface area contributed by atoms with Crippen molar-refractivity contribution in [3.63, 3.8) is 0 Å². The van der Waals surface area contributed by atoms with Crippen molar-refractivity contribution in [2.24, 2.45) is 4.99 Å². The summed E-state index contributed by atoms with van der Waals surface area (Å²) in [6.45, 7) is 2.06. The Balaban J connectivity index is 1.80. The maximum atomic E-state index is 5.79. The van der Waals surface area contributed by atoms with Crippen molar-refractivity contribution >= 4 is 5.84 Å². The van der Waals surface area contributed by atoms with Crippen molar-refractivity contribution in [2.45, 2.75) is 19.1 Å². The van der Waals surface area contributed by atoms with Gasteiger partial charge in [0, 0.05) is 5.56 Å². The topological polar surface area (TPSA) is 42.9 Å². The fourth-order valence-corrected chi connectivity index (χ4v) is 2.39. The van der Waals surface area contributed by atoms with Gasteiger partial charge in [-0.1, -0.05) is 30.3 Å². The van der Waals surface area contributed by atoms with Crippen molar-refractivity contribution in [2.75, 3.05) is 7.11 Å². The fraction of sp³-hybridized carbons (Fsp3) is 0.235. The van der Waals surface area contributed by atoms with E-state index in [1.54, 1.807) is 7.11 Å². The number of nitrogens with zero attached hydrogens (tertiary/aromatic N) is 1. The predicted molar refractivity (Wildman–Crippen MR) is 82.4 cm³/mol. The average molecular weight is 282 g/mol. The zero-order valence-electron chi connectivity index (χ0n) is 12.1. The zero-order chi connectivity index (χ0) is 14.7. The Labute approximate surface area is 124 Å². The number of ether oxygens (including phenoxy) is 1. The molecule has 1 aliphatic heterocycles. The fourth-order valence-electron chi connectivity index (χ4n) is 2.39. The molecule has 0 amide bonds. The van der Waals surface area contributed by atoms with E-state index in [2.05, 4.69) is 24.5 Å². The first-order chi connectivity index (χ1) is 10.3. The molecule has 0 aliphatic carbocycles. The summed E-state index contributed by atoms with van der Waals surface area (Å²) >= 11 is 0. The highest BCUT2D eigenvalue weighted by atomic mass is 16.7. The van der Waals surface area contributed by atoms with Crippen LogP contribution in [0, 0.1) is 0 Å². The summed E-state index contributed by atoms with van der Waals surface area (Å²) < 4.78 is 5.16. The molecule has 1 heterocycles. The molecule has 21 heavy (non-hydrogen) atoms. The van der Waals surface area contributed by atoms with Crippen molar-refractivity contribution in [3.8, 4) is 5.75 Å². The Bertz CT molecular complexity index is 623. The quantitative estimate of drug-likeness (QED) is 0.940. The third-order valence-corrected chi connectivity index (χ3v) is 3.55. The van der Waals surface area contributed by atoms with Gasteiger partial charge in [-0.05, 0) is 36.8 Å². The van der Waals surface area contributed by atoms with Crippen LogP contribution in [0.1, 0.15) is 24.2 Å². The zero-order valence-corrected chi connectivity index (χ0v) is 12.1. The van der Waals surface area contributed by atoms with Crippen LogP contribution in [0.3, 0.4) is 0 Å². The van der Waals surface area contributed by atoms with Crippen molar-refractivity contribution in [1.82, 2.24) is 5.48 Å². The van der Waals surface area contributed by atoms with Crippen LogP contribution >= 0.6 is 0 Å². The molecule has 4 heteroatoms. The summed E-state index contributed by atoms with van der Waals surface area (Å²) in [5.41, 5.74) is 5.06. The lowest BCUT2D eigenvalue weighted by molar-refractivity contribution is -0.0139. The lowest BCUT2D eigenvalue weighted by atomic mass is 10.0. The number of benzene rings is 2. The maximum absolute atomic E-state index is 5.79. The van der Waals surface area contributed by atoms with E-state index >= 15 is 0 Å². The normalized spacial score (nSPS) is 21.3. The largest absolute Gasteiger partial charge is 0.497 e. The first-order valence-electron chi connectivity index (χ1n) is 6.97. The van der Waals surface area contributed by atoms with Gasteiger partial charge in [0.15, 0.2) is 5.84 Å². The maximum Gasteiger partial charge on any atom is 0.152 e. The second-order valence-electron chi connectivity index (χ2n) is 5.00. The highest BCUT2D eigenvalue weighted by molar-refractivity contribution is 5.98. The van der Waals surface area contributed by atoms with E-state index in [0.29, 0.717) is 0 Å². The van der Waals surface area contributed by atoms with Crippen LogP contribution in [0.4, 0.5) is 0 Å². The van der Waals surface area contributed by atoms with E-state index < -0.39 is 0 Å². The molecule has 2 atom stereocenters. The number of methoxy groups -OCH3 is 1. The molecule has 1 N–H and O–H groups in total. The summed E-state index contributed by atoms with van der Waals surface area (Å²) in [4.78, 5) is 10.5. The number of hydrogen-bond acceptors (Lipinski definition) is 4. The summed E-state index contributed by atoms with van der Waals surface area (Å²) in [5.74, 6) is 1.57. The van der Waals surface area contributed by atoms with Crippen LogP contribution in [-0.2, 0) is 4.84 Å². The van der Waals surface area contributed by atoms with Gasteiger partial charge in [-0.2, -0.15) is 0 Å². The van der Waals surface area contributed by atoms with Gasteiger partial charge in [0.25, 0.3) is 0 Å². The van der Waals surface area contributed by atoms with E-state index in [1.165, 1.54) is 0 Å². The molecule has 0 aromatic heterocycles. The lowest BCUT2D eigenvalue weighted by Gasteiger charge is -2.28. The molecule has 0 saturated heterocycles. The van der Waals surface area contributed by atoms with E-state index in [0.717, 1.165) is 22.7 Å². The van der Waals surface area contributed by atoms with Crippen molar-refractivity contribution in [1.29, 1.82) is 0 Å². The standard InChI is InChI=1S/C17H18N2O2/c1-12-16(13-6-4-3-5-7-13)21-19-17(18-12)14-8-10-15(20-2)11-9-14/h3-12,16H,1-2H3,(H,18,19)/t12-,16+/m0/s1. The summed E-state index contributed by atoms with van der Waals surface area (Å²) in [6.07, 6.45) is -0.0757. The SMILES string of the molecule is COc1ccc(C2=N[C@@H](C)[C@H](c3ccccc3)ON2)cc1. The highest BCUT2D eigenvalue weighted by Crippen LogP contribution is 2.26. The molecule has 4 nitrogen and oxygen atoms in total. The first-order valence-corrected chi connectivity index (χ1v) is 6.97. The molecular weight excluding hydrogens is 264 g/mol. The van der Waals surface area contributed by atoms with Crippen molar-refractivity contribution in [3.05, 3.63) is 65.7 Å². The number of amidine groups is 1. The molecule has 2 aromatic rings. The van der Waals surface area contributed by atoms with E-state index in [-0.39, 0.29) is 12.1 Å². The third-order valence-electron chi connectivity index (χ3n) is 3.55. The Hall–Kier alpha value is -2.33.